The van der Waals surface area contributed by atoms with Crippen molar-refractivity contribution in [3.05, 3.63) is 35.7 Å². The van der Waals surface area contributed by atoms with Gasteiger partial charge >= 0.3 is 0 Å². The van der Waals surface area contributed by atoms with Crippen molar-refractivity contribution in [2.45, 2.75) is 38.8 Å². The molecule has 0 unspecified atom stereocenters. The lowest BCUT2D eigenvalue weighted by molar-refractivity contribution is -0.125. The minimum Gasteiger partial charge on any atom is -0.289 e. The van der Waals surface area contributed by atoms with Crippen LogP contribution in [0.4, 0.5) is 0 Å². The molecule has 0 aromatic rings. The van der Waals surface area contributed by atoms with Gasteiger partial charge in [-0.1, -0.05) is 12.2 Å². The zero-order valence-corrected chi connectivity index (χ0v) is 11.0. The Labute approximate surface area is 106 Å². The molecule has 1 aliphatic carbocycles. The third-order valence-corrected chi connectivity index (χ3v) is 4.09. The summed E-state index contributed by atoms with van der Waals surface area (Å²) in [6, 6.07) is 0. The van der Waals surface area contributed by atoms with Crippen LogP contribution in [0.1, 0.15) is 27.7 Å². The van der Waals surface area contributed by atoms with Gasteiger partial charge in [0.1, 0.15) is 0 Å². The van der Waals surface area contributed by atoms with Crippen molar-refractivity contribution in [2.75, 3.05) is 0 Å². The molecule has 1 aliphatic heterocycles. The van der Waals surface area contributed by atoms with E-state index in [1.807, 2.05) is 0 Å². The SMILES string of the molecule is CC1(C)N(O)C(=C2C=CC=CC2=O)N(O)C1(C)C. The first-order chi connectivity index (χ1) is 8.21. The molecule has 2 rings (SSSR count). The summed E-state index contributed by atoms with van der Waals surface area (Å²) in [6.45, 7) is 7.21. The fourth-order valence-corrected chi connectivity index (χ4v) is 2.02. The number of carbonyl (C=O) groups is 1. The standard InChI is InChI=1S/C13H18N2O3/c1-12(2)13(3,4)15(18)11(14(12)17)9-7-5-6-8-10(9)16/h5-8,17-18H,1-4H3. The zero-order valence-electron chi connectivity index (χ0n) is 11.0. The van der Waals surface area contributed by atoms with E-state index in [0.29, 0.717) is 0 Å². The molecule has 0 bridgehead atoms. The van der Waals surface area contributed by atoms with Crippen molar-refractivity contribution in [1.82, 2.24) is 10.1 Å². The summed E-state index contributed by atoms with van der Waals surface area (Å²) in [6.07, 6.45) is 6.31. The van der Waals surface area contributed by atoms with Gasteiger partial charge in [0.25, 0.3) is 0 Å². The van der Waals surface area contributed by atoms with Gasteiger partial charge in [0.2, 0.25) is 0 Å². The van der Waals surface area contributed by atoms with Crippen LogP contribution >= 0.6 is 0 Å². The molecule has 0 aromatic carbocycles. The molecular weight excluding hydrogens is 232 g/mol. The van der Waals surface area contributed by atoms with E-state index in [4.69, 9.17) is 0 Å². The van der Waals surface area contributed by atoms with Gasteiger partial charge in [0.05, 0.1) is 16.7 Å². The first-order valence-corrected chi connectivity index (χ1v) is 5.83. The lowest BCUT2D eigenvalue weighted by Crippen LogP contribution is -2.52. The molecule has 0 spiro atoms. The van der Waals surface area contributed by atoms with E-state index in [0.717, 1.165) is 10.1 Å². The molecule has 5 heteroatoms. The van der Waals surface area contributed by atoms with Crippen molar-refractivity contribution in [3.8, 4) is 0 Å². The molecule has 2 N–H and O–H groups in total. The van der Waals surface area contributed by atoms with E-state index in [2.05, 4.69) is 0 Å². The van der Waals surface area contributed by atoms with E-state index in [1.54, 1.807) is 45.9 Å². The molecule has 0 amide bonds. The predicted octanol–water partition coefficient (Wildman–Crippen LogP) is 1.85. The Kier molecular flexibility index (Phi) is 2.64. The number of hydrogen-bond donors (Lipinski definition) is 2. The topological polar surface area (TPSA) is 64.0 Å². The molecule has 2 aliphatic rings. The molecule has 0 saturated carbocycles. The summed E-state index contributed by atoms with van der Waals surface area (Å²) in [5.74, 6) is -0.116. The highest BCUT2D eigenvalue weighted by molar-refractivity contribution is 6.07. The van der Waals surface area contributed by atoms with E-state index in [1.165, 1.54) is 6.08 Å². The largest absolute Gasteiger partial charge is 0.289 e. The molecule has 0 atom stereocenters. The maximum Gasteiger partial charge on any atom is 0.189 e. The second-order valence-corrected chi connectivity index (χ2v) is 5.56. The van der Waals surface area contributed by atoms with Crippen LogP contribution in [-0.2, 0) is 4.79 Å². The third-order valence-electron chi connectivity index (χ3n) is 4.09. The number of rotatable bonds is 0. The van der Waals surface area contributed by atoms with Gasteiger partial charge in [-0.15, -0.1) is 0 Å². The molecule has 18 heavy (non-hydrogen) atoms. The summed E-state index contributed by atoms with van der Waals surface area (Å²) in [5, 5.41) is 22.4. The minimum atomic E-state index is -0.723. The maximum absolute atomic E-state index is 11.8. The number of ketones is 1. The number of hydroxylamine groups is 4. The monoisotopic (exact) mass is 250 g/mol. The Bertz CT molecular complexity index is 464. The van der Waals surface area contributed by atoms with Crippen molar-refractivity contribution < 1.29 is 15.2 Å². The zero-order chi connectivity index (χ0) is 13.7. The summed E-state index contributed by atoms with van der Waals surface area (Å²) in [4.78, 5) is 11.8. The Morgan fingerprint density at radius 3 is 1.83 bits per heavy atom. The average molecular weight is 250 g/mol. The van der Waals surface area contributed by atoms with Gasteiger partial charge in [0.15, 0.2) is 11.6 Å². The van der Waals surface area contributed by atoms with Gasteiger partial charge in [-0.25, -0.2) is 10.1 Å². The second-order valence-electron chi connectivity index (χ2n) is 5.56. The fraction of sp³-hybridized carbons (Fsp3) is 0.462. The van der Waals surface area contributed by atoms with Crippen molar-refractivity contribution in [2.24, 2.45) is 0 Å². The number of allylic oxidation sites excluding steroid dienone is 5. The average Bonchev–Trinajstić information content (AvgIpc) is 2.40. The molecule has 0 radical (unpaired) electrons. The quantitative estimate of drug-likeness (QED) is 0.642. The third kappa shape index (κ3) is 1.44. The highest BCUT2D eigenvalue weighted by atomic mass is 16.6. The Hall–Kier alpha value is -1.59. The molecule has 1 fully saturated rings. The number of hydrogen-bond acceptors (Lipinski definition) is 5. The minimum absolute atomic E-state index is 0.121. The van der Waals surface area contributed by atoms with Crippen LogP contribution in [0, 0.1) is 0 Å². The first kappa shape index (κ1) is 12.9. The maximum atomic E-state index is 11.8. The summed E-state index contributed by atoms with van der Waals surface area (Å²) in [7, 11) is 0. The van der Waals surface area contributed by atoms with Crippen LogP contribution in [0.25, 0.3) is 0 Å². The normalized spacial score (nSPS) is 25.3. The fourth-order valence-electron chi connectivity index (χ4n) is 2.02. The van der Waals surface area contributed by atoms with Crippen molar-refractivity contribution >= 4 is 5.78 Å². The van der Waals surface area contributed by atoms with Crippen LogP contribution in [-0.4, -0.2) is 37.4 Å². The van der Waals surface area contributed by atoms with E-state index >= 15 is 0 Å². The van der Waals surface area contributed by atoms with Gasteiger partial charge in [-0.3, -0.25) is 15.2 Å². The molecule has 5 nitrogen and oxygen atoms in total. The van der Waals surface area contributed by atoms with Crippen LogP contribution in [0.5, 0.6) is 0 Å². The Balaban J connectivity index is 2.61. The lowest BCUT2D eigenvalue weighted by Gasteiger charge is -2.37. The first-order valence-electron chi connectivity index (χ1n) is 5.83. The molecular formula is C13H18N2O3. The van der Waals surface area contributed by atoms with Crippen LogP contribution < -0.4 is 0 Å². The predicted molar refractivity (Wildman–Crippen MR) is 65.7 cm³/mol. The van der Waals surface area contributed by atoms with Crippen LogP contribution in [0.15, 0.2) is 35.7 Å². The van der Waals surface area contributed by atoms with Crippen LogP contribution in [0.2, 0.25) is 0 Å². The summed E-state index contributed by atoms with van der Waals surface area (Å²) in [5.41, 5.74) is -1.17. The van der Waals surface area contributed by atoms with E-state index in [9.17, 15) is 15.2 Å². The van der Waals surface area contributed by atoms with Gasteiger partial charge < -0.3 is 0 Å². The molecule has 98 valence electrons. The number of nitrogens with zero attached hydrogens (tertiary/aromatic N) is 2. The highest BCUT2D eigenvalue weighted by Gasteiger charge is 2.56. The Morgan fingerprint density at radius 1 is 0.944 bits per heavy atom. The van der Waals surface area contributed by atoms with Crippen molar-refractivity contribution in [3.63, 3.8) is 0 Å². The lowest BCUT2D eigenvalue weighted by atomic mass is 9.84. The highest BCUT2D eigenvalue weighted by Crippen LogP contribution is 2.44. The molecule has 1 saturated heterocycles. The van der Waals surface area contributed by atoms with E-state index in [-0.39, 0.29) is 17.2 Å². The second kappa shape index (κ2) is 3.70. The van der Waals surface area contributed by atoms with E-state index < -0.39 is 11.1 Å². The summed E-state index contributed by atoms with van der Waals surface area (Å²) < 4.78 is 0. The van der Waals surface area contributed by atoms with Gasteiger partial charge in [-0.05, 0) is 39.8 Å². The van der Waals surface area contributed by atoms with Gasteiger partial charge in [0, 0.05) is 0 Å². The van der Waals surface area contributed by atoms with Gasteiger partial charge in [-0.2, -0.15) is 0 Å². The number of carbonyl (C=O) groups excluding carboxylic acids is 1. The smallest absolute Gasteiger partial charge is 0.189 e. The van der Waals surface area contributed by atoms with Crippen LogP contribution in [0.3, 0.4) is 0 Å². The molecule has 1 heterocycles. The molecule has 0 aromatic heterocycles. The van der Waals surface area contributed by atoms with Crippen molar-refractivity contribution in [1.29, 1.82) is 0 Å². The Morgan fingerprint density at radius 2 is 1.39 bits per heavy atom. The summed E-state index contributed by atoms with van der Waals surface area (Å²) >= 11 is 0.